The van der Waals surface area contributed by atoms with Gasteiger partial charge in [-0.1, -0.05) is 36.4 Å². The van der Waals surface area contributed by atoms with E-state index in [0.29, 0.717) is 49.1 Å². The Morgan fingerprint density at radius 2 is 1.36 bits per heavy atom. The third-order valence-corrected chi connectivity index (χ3v) is 8.42. The minimum absolute atomic E-state index is 0.229. The number of imide groups is 1. The lowest BCUT2D eigenvalue weighted by Gasteiger charge is -2.31. The Morgan fingerprint density at radius 3 is 1.94 bits per heavy atom. The van der Waals surface area contributed by atoms with Crippen molar-refractivity contribution in [3.05, 3.63) is 77.4 Å². The van der Waals surface area contributed by atoms with Crippen molar-refractivity contribution in [1.29, 1.82) is 0 Å². The van der Waals surface area contributed by atoms with Gasteiger partial charge in [0.2, 0.25) is 10.0 Å². The molecule has 0 bridgehead atoms. The summed E-state index contributed by atoms with van der Waals surface area (Å²) in [4.78, 5) is 29.7. The van der Waals surface area contributed by atoms with Crippen LogP contribution in [-0.4, -0.2) is 74.1 Å². The zero-order valence-electron chi connectivity index (χ0n) is 18.4. The summed E-state index contributed by atoms with van der Waals surface area (Å²) in [5.41, 5.74) is 1.94. The minimum atomic E-state index is -3.52. The highest BCUT2D eigenvalue weighted by Gasteiger charge is 2.32. The van der Waals surface area contributed by atoms with Gasteiger partial charge in [-0.2, -0.15) is 4.31 Å². The summed E-state index contributed by atoms with van der Waals surface area (Å²) >= 11 is 0. The molecule has 7 nitrogen and oxygen atoms in total. The van der Waals surface area contributed by atoms with Crippen LogP contribution < -0.4 is 0 Å². The average molecular weight is 464 g/mol. The fraction of sp³-hybridized carbons (Fsp3) is 0.280. The predicted octanol–water partition coefficient (Wildman–Crippen LogP) is 2.61. The van der Waals surface area contributed by atoms with Gasteiger partial charge in [-0.25, -0.2) is 8.42 Å². The van der Waals surface area contributed by atoms with Gasteiger partial charge in [0, 0.05) is 49.2 Å². The summed E-state index contributed by atoms with van der Waals surface area (Å²) < 4.78 is 27.3. The molecule has 0 aliphatic carbocycles. The van der Waals surface area contributed by atoms with E-state index in [2.05, 4.69) is 4.90 Å². The largest absolute Gasteiger partial charge is 0.304 e. The van der Waals surface area contributed by atoms with Gasteiger partial charge in [0.05, 0.1) is 4.90 Å². The number of nitrogens with zero attached hydrogens (tertiary/aromatic N) is 3. The molecule has 8 heteroatoms. The first-order valence-corrected chi connectivity index (χ1v) is 12.5. The van der Waals surface area contributed by atoms with Crippen LogP contribution in [0.4, 0.5) is 0 Å². The van der Waals surface area contributed by atoms with Crippen molar-refractivity contribution in [2.24, 2.45) is 0 Å². The lowest BCUT2D eigenvalue weighted by atomic mass is 9.94. The lowest BCUT2D eigenvalue weighted by molar-refractivity contribution is 0.0612. The molecule has 3 aromatic carbocycles. The summed E-state index contributed by atoms with van der Waals surface area (Å²) in [5.74, 6) is -0.586. The molecule has 0 saturated carbocycles. The Kier molecular flexibility index (Phi) is 5.52. The van der Waals surface area contributed by atoms with Crippen molar-refractivity contribution < 1.29 is 18.0 Å². The molecule has 0 aromatic heterocycles. The van der Waals surface area contributed by atoms with Gasteiger partial charge in [-0.3, -0.25) is 14.5 Å². The molecule has 5 rings (SSSR count). The van der Waals surface area contributed by atoms with Crippen LogP contribution in [0.3, 0.4) is 0 Å². The number of sulfonamides is 1. The SMILES string of the molecule is CN1CCN(S(=O)(=O)c2ccc(CCN3C(=O)c4cccc5cccc(c45)C3=O)cc2)CC1. The van der Waals surface area contributed by atoms with Gasteiger partial charge < -0.3 is 4.90 Å². The maximum absolute atomic E-state index is 13.0. The Morgan fingerprint density at radius 1 is 0.788 bits per heavy atom. The van der Waals surface area contributed by atoms with Crippen LogP contribution in [0.2, 0.25) is 0 Å². The second-order valence-corrected chi connectivity index (χ2v) is 10.5. The third kappa shape index (κ3) is 3.84. The van der Waals surface area contributed by atoms with E-state index in [9.17, 15) is 18.0 Å². The molecule has 2 aliphatic heterocycles. The number of amides is 2. The van der Waals surface area contributed by atoms with E-state index >= 15 is 0 Å². The Labute approximate surface area is 193 Å². The Bertz CT molecular complexity index is 1290. The van der Waals surface area contributed by atoms with Crippen LogP contribution >= 0.6 is 0 Å². The third-order valence-electron chi connectivity index (χ3n) is 6.50. The van der Waals surface area contributed by atoms with Crippen LogP contribution in [0.25, 0.3) is 10.8 Å². The molecule has 3 aromatic rings. The van der Waals surface area contributed by atoms with Crippen LogP contribution in [0.15, 0.2) is 65.6 Å². The fourth-order valence-electron chi connectivity index (χ4n) is 4.53. The second-order valence-electron chi connectivity index (χ2n) is 8.57. The number of hydrogen-bond donors (Lipinski definition) is 0. The smallest absolute Gasteiger partial charge is 0.261 e. The van der Waals surface area contributed by atoms with Crippen LogP contribution in [0, 0.1) is 0 Å². The van der Waals surface area contributed by atoms with E-state index in [0.717, 1.165) is 10.9 Å². The molecule has 0 unspecified atom stereocenters. The van der Waals surface area contributed by atoms with E-state index in [1.54, 1.807) is 36.4 Å². The van der Waals surface area contributed by atoms with E-state index < -0.39 is 10.0 Å². The van der Waals surface area contributed by atoms with Crippen LogP contribution in [0.1, 0.15) is 26.3 Å². The summed E-state index contributed by atoms with van der Waals surface area (Å²) in [6.45, 7) is 2.62. The molecule has 2 amide bonds. The molecule has 33 heavy (non-hydrogen) atoms. The van der Waals surface area contributed by atoms with Crippen molar-refractivity contribution in [2.45, 2.75) is 11.3 Å². The molecule has 1 saturated heterocycles. The van der Waals surface area contributed by atoms with Crippen molar-refractivity contribution in [2.75, 3.05) is 39.8 Å². The van der Waals surface area contributed by atoms with E-state index in [1.807, 2.05) is 31.3 Å². The number of hydrogen-bond acceptors (Lipinski definition) is 5. The summed E-state index contributed by atoms with van der Waals surface area (Å²) in [7, 11) is -1.54. The number of rotatable bonds is 5. The highest BCUT2D eigenvalue weighted by atomic mass is 32.2. The van der Waals surface area contributed by atoms with Gasteiger partial charge in [-0.15, -0.1) is 0 Å². The van der Waals surface area contributed by atoms with Crippen molar-refractivity contribution >= 4 is 32.6 Å². The fourth-order valence-corrected chi connectivity index (χ4v) is 5.95. The molecule has 0 spiro atoms. The van der Waals surface area contributed by atoms with Crippen LogP contribution in [0.5, 0.6) is 0 Å². The van der Waals surface area contributed by atoms with Gasteiger partial charge in [0.25, 0.3) is 11.8 Å². The molecule has 1 fully saturated rings. The second kappa shape index (κ2) is 8.37. The van der Waals surface area contributed by atoms with Gasteiger partial charge in [-0.05, 0) is 48.7 Å². The lowest BCUT2D eigenvalue weighted by Crippen LogP contribution is -2.47. The van der Waals surface area contributed by atoms with Gasteiger partial charge in [0.15, 0.2) is 0 Å². The van der Waals surface area contributed by atoms with Gasteiger partial charge >= 0.3 is 0 Å². The molecule has 2 heterocycles. The summed E-state index contributed by atoms with van der Waals surface area (Å²) in [6, 6.07) is 17.7. The van der Waals surface area contributed by atoms with E-state index in [1.165, 1.54) is 9.21 Å². The Hall–Kier alpha value is -3.07. The van der Waals surface area contributed by atoms with Crippen molar-refractivity contribution in [3.8, 4) is 0 Å². The average Bonchev–Trinajstić information content (AvgIpc) is 2.83. The molecular formula is C25H25N3O4S. The number of carbonyl (C=O) groups is 2. The number of piperazine rings is 1. The topological polar surface area (TPSA) is 78.0 Å². The first-order chi connectivity index (χ1) is 15.9. The standard InChI is InChI=1S/C25H25N3O4S/c1-26-14-16-27(17-15-26)33(31,32)20-10-8-18(9-11-20)12-13-28-24(29)21-6-2-4-19-5-3-7-22(23(19)21)25(28)30/h2-11H,12-17H2,1H3. The van der Waals surface area contributed by atoms with E-state index in [4.69, 9.17) is 0 Å². The van der Waals surface area contributed by atoms with Crippen LogP contribution in [-0.2, 0) is 16.4 Å². The number of carbonyl (C=O) groups excluding carboxylic acids is 2. The summed E-state index contributed by atoms with van der Waals surface area (Å²) in [6.07, 6.45) is 0.449. The first kappa shape index (κ1) is 21.8. The van der Waals surface area contributed by atoms with Crippen molar-refractivity contribution in [1.82, 2.24) is 14.1 Å². The maximum atomic E-state index is 13.0. The molecule has 0 N–H and O–H groups in total. The highest BCUT2D eigenvalue weighted by molar-refractivity contribution is 7.89. The molecule has 0 radical (unpaired) electrons. The molecule has 170 valence electrons. The normalized spacial score (nSPS) is 17.7. The minimum Gasteiger partial charge on any atom is -0.304 e. The molecular weight excluding hydrogens is 438 g/mol. The van der Waals surface area contributed by atoms with Crippen molar-refractivity contribution in [3.63, 3.8) is 0 Å². The zero-order valence-corrected chi connectivity index (χ0v) is 19.2. The monoisotopic (exact) mass is 463 g/mol. The Balaban J connectivity index is 1.31. The zero-order chi connectivity index (χ0) is 23.2. The molecule has 0 atom stereocenters. The predicted molar refractivity (Wildman–Crippen MR) is 126 cm³/mol. The quantitative estimate of drug-likeness (QED) is 0.544. The maximum Gasteiger partial charge on any atom is 0.261 e. The molecule has 2 aliphatic rings. The number of likely N-dealkylation sites (N-methyl/N-ethyl adjacent to an activating group) is 1. The van der Waals surface area contributed by atoms with Gasteiger partial charge in [0.1, 0.15) is 0 Å². The first-order valence-electron chi connectivity index (χ1n) is 11.0. The van der Waals surface area contributed by atoms with E-state index in [-0.39, 0.29) is 23.3 Å². The number of benzene rings is 3. The highest BCUT2D eigenvalue weighted by Crippen LogP contribution is 2.30. The summed E-state index contributed by atoms with van der Waals surface area (Å²) in [5, 5.41) is 1.59.